The van der Waals surface area contributed by atoms with Crippen molar-refractivity contribution in [2.45, 2.75) is 31.9 Å². The fraction of sp³-hybridized carbons (Fsp3) is 0.333. The second-order valence-electron chi connectivity index (χ2n) is 5.48. The zero-order valence-corrected chi connectivity index (χ0v) is 13.8. The number of nitrogens with one attached hydrogen (secondary N) is 1. The third kappa shape index (κ3) is 3.47. The Balaban J connectivity index is 1.60. The van der Waals surface area contributed by atoms with Crippen LogP contribution in [0.15, 0.2) is 53.0 Å². The Morgan fingerprint density at radius 1 is 1.24 bits per heavy atom. The number of para-hydroxylation sites is 1. The smallest absolute Gasteiger partial charge is 0.123 e. The highest BCUT2D eigenvalue weighted by Crippen LogP contribution is 2.28. The molecule has 0 fully saturated rings. The molecule has 2 nitrogen and oxygen atoms in total. The van der Waals surface area contributed by atoms with Crippen molar-refractivity contribution in [1.29, 1.82) is 0 Å². The van der Waals surface area contributed by atoms with Gasteiger partial charge in [0.1, 0.15) is 11.9 Å². The maximum absolute atomic E-state index is 5.99. The van der Waals surface area contributed by atoms with Gasteiger partial charge >= 0.3 is 0 Å². The Hall–Kier alpha value is -1.32. The molecule has 2 unspecified atom stereocenters. The molecule has 2 aromatic rings. The van der Waals surface area contributed by atoms with E-state index >= 15 is 0 Å². The topological polar surface area (TPSA) is 21.3 Å². The van der Waals surface area contributed by atoms with Gasteiger partial charge in [0.2, 0.25) is 0 Å². The lowest BCUT2D eigenvalue weighted by Crippen LogP contribution is -2.32. The Morgan fingerprint density at radius 2 is 2.10 bits per heavy atom. The predicted octanol–water partition coefficient (Wildman–Crippen LogP) is 4.49. The summed E-state index contributed by atoms with van der Waals surface area (Å²) in [6.07, 6.45) is 2.30. The fourth-order valence-electron chi connectivity index (χ4n) is 2.86. The minimum absolute atomic E-state index is 0.239. The molecule has 1 heterocycles. The summed E-state index contributed by atoms with van der Waals surface area (Å²) in [5, 5.41) is 3.64. The van der Waals surface area contributed by atoms with Crippen LogP contribution in [0.1, 0.15) is 30.5 Å². The highest BCUT2D eigenvalue weighted by molar-refractivity contribution is 9.10. The Kier molecular flexibility index (Phi) is 4.61. The molecule has 0 bridgehead atoms. The number of halogens is 1. The molecule has 21 heavy (non-hydrogen) atoms. The van der Waals surface area contributed by atoms with Crippen LogP contribution in [0.2, 0.25) is 0 Å². The first-order valence-electron chi connectivity index (χ1n) is 7.49. The van der Waals surface area contributed by atoms with Gasteiger partial charge in [0.15, 0.2) is 0 Å². The summed E-state index contributed by atoms with van der Waals surface area (Å²) in [4.78, 5) is 0. The first kappa shape index (κ1) is 14.6. The molecule has 0 amide bonds. The zero-order chi connectivity index (χ0) is 14.7. The van der Waals surface area contributed by atoms with Crippen LogP contribution in [-0.4, -0.2) is 12.6 Å². The van der Waals surface area contributed by atoms with Crippen LogP contribution in [0.4, 0.5) is 0 Å². The Bertz CT molecular complexity index is 589. The number of benzene rings is 2. The number of ether oxygens (including phenoxy) is 1. The predicted molar refractivity (Wildman–Crippen MR) is 89.7 cm³/mol. The van der Waals surface area contributed by atoms with Crippen molar-refractivity contribution in [3.8, 4) is 5.75 Å². The molecule has 1 aliphatic heterocycles. The molecule has 0 saturated heterocycles. The normalized spacial score (nSPS) is 18.1. The van der Waals surface area contributed by atoms with Crippen LogP contribution in [0.3, 0.4) is 0 Å². The molecular formula is C18H20BrNO. The molecule has 110 valence electrons. The van der Waals surface area contributed by atoms with E-state index < -0.39 is 0 Å². The number of hydrogen-bond donors (Lipinski definition) is 1. The van der Waals surface area contributed by atoms with Crippen molar-refractivity contribution in [2.24, 2.45) is 0 Å². The molecule has 1 N–H and O–H groups in total. The summed E-state index contributed by atoms with van der Waals surface area (Å²) >= 11 is 3.54. The molecule has 0 saturated carbocycles. The van der Waals surface area contributed by atoms with Crippen molar-refractivity contribution in [1.82, 2.24) is 5.32 Å². The van der Waals surface area contributed by atoms with Crippen molar-refractivity contribution >= 4 is 15.9 Å². The van der Waals surface area contributed by atoms with E-state index in [0.29, 0.717) is 6.04 Å². The summed E-state index contributed by atoms with van der Waals surface area (Å²) < 4.78 is 7.12. The lowest BCUT2D eigenvalue weighted by atomic mass is 10.0. The van der Waals surface area contributed by atoms with Gasteiger partial charge in [0, 0.05) is 23.5 Å². The summed E-state index contributed by atoms with van der Waals surface area (Å²) in [6.45, 7) is 3.09. The average Bonchev–Trinajstić information content (AvgIpc) is 2.91. The molecule has 0 spiro atoms. The molecule has 0 aromatic heterocycles. The maximum Gasteiger partial charge on any atom is 0.123 e. The van der Waals surface area contributed by atoms with Crippen LogP contribution < -0.4 is 10.1 Å². The molecule has 2 aromatic carbocycles. The SMILES string of the molecule is CCC(NCC1Cc2ccccc2O1)c1cccc(Br)c1. The number of fused-ring (bicyclic) bond motifs is 1. The Morgan fingerprint density at radius 3 is 2.86 bits per heavy atom. The van der Waals surface area contributed by atoms with Gasteiger partial charge in [-0.1, -0.05) is 53.2 Å². The third-order valence-corrected chi connectivity index (χ3v) is 4.46. The zero-order valence-electron chi connectivity index (χ0n) is 12.2. The molecule has 0 aliphatic carbocycles. The van der Waals surface area contributed by atoms with Crippen LogP contribution >= 0.6 is 15.9 Å². The van der Waals surface area contributed by atoms with Crippen molar-refractivity contribution in [3.63, 3.8) is 0 Å². The van der Waals surface area contributed by atoms with E-state index in [9.17, 15) is 0 Å². The molecular weight excluding hydrogens is 326 g/mol. The molecule has 1 aliphatic rings. The Labute approximate surface area is 134 Å². The van der Waals surface area contributed by atoms with Crippen LogP contribution in [0, 0.1) is 0 Å². The second-order valence-corrected chi connectivity index (χ2v) is 6.39. The number of hydrogen-bond acceptors (Lipinski definition) is 2. The average molecular weight is 346 g/mol. The van der Waals surface area contributed by atoms with Crippen LogP contribution in [0.5, 0.6) is 5.75 Å². The highest BCUT2D eigenvalue weighted by Gasteiger charge is 2.23. The van der Waals surface area contributed by atoms with Crippen molar-refractivity contribution in [3.05, 3.63) is 64.1 Å². The standard InChI is InChI=1S/C18H20BrNO/c1-2-17(13-7-5-8-15(19)10-13)20-12-16-11-14-6-3-4-9-18(14)21-16/h3-10,16-17,20H,2,11-12H2,1H3. The van der Waals surface area contributed by atoms with Gasteiger partial charge < -0.3 is 10.1 Å². The van der Waals surface area contributed by atoms with Crippen molar-refractivity contribution < 1.29 is 4.74 Å². The minimum atomic E-state index is 0.239. The second kappa shape index (κ2) is 6.63. The van der Waals surface area contributed by atoms with E-state index in [2.05, 4.69) is 70.6 Å². The quantitative estimate of drug-likeness (QED) is 0.861. The highest BCUT2D eigenvalue weighted by atomic mass is 79.9. The summed E-state index contributed by atoms with van der Waals surface area (Å²) in [5.41, 5.74) is 2.64. The fourth-order valence-corrected chi connectivity index (χ4v) is 3.28. The maximum atomic E-state index is 5.99. The first-order valence-corrected chi connectivity index (χ1v) is 8.29. The lowest BCUT2D eigenvalue weighted by Gasteiger charge is -2.20. The van der Waals surface area contributed by atoms with Gasteiger partial charge in [-0.25, -0.2) is 0 Å². The van der Waals surface area contributed by atoms with E-state index in [4.69, 9.17) is 4.74 Å². The van der Waals surface area contributed by atoms with Crippen molar-refractivity contribution in [2.75, 3.05) is 6.54 Å². The van der Waals surface area contributed by atoms with Gasteiger partial charge in [0.25, 0.3) is 0 Å². The van der Waals surface area contributed by atoms with Gasteiger partial charge in [-0.05, 0) is 35.7 Å². The third-order valence-electron chi connectivity index (χ3n) is 3.97. The molecule has 0 radical (unpaired) electrons. The van der Waals surface area contributed by atoms with E-state index in [0.717, 1.165) is 29.6 Å². The summed E-state index contributed by atoms with van der Waals surface area (Å²) in [6, 6.07) is 17.2. The largest absolute Gasteiger partial charge is 0.488 e. The first-order chi connectivity index (χ1) is 10.3. The number of rotatable bonds is 5. The van der Waals surface area contributed by atoms with Gasteiger partial charge in [0.05, 0.1) is 0 Å². The summed E-state index contributed by atoms with van der Waals surface area (Å²) in [5.74, 6) is 1.04. The van der Waals surface area contributed by atoms with Gasteiger partial charge in [-0.15, -0.1) is 0 Å². The minimum Gasteiger partial charge on any atom is -0.488 e. The van der Waals surface area contributed by atoms with E-state index in [1.165, 1.54) is 11.1 Å². The monoisotopic (exact) mass is 345 g/mol. The van der Waals surface area contributed by atoms with Gasteiger partial charge in [-0.3, -0.25) is 0 Å². The molecule has 2 atom stereocenters. The molecule has 3 heteroatoms. The van der Waals surface area contributed by atoms with E-state index in [1.54, 1.807) is 0 Å². The lowest BCUT2D eigenvalue weighted by molar-refractivity contribution is 0.220. The van der Waals surface area contributed by atoms with E-state index in [1.807, 2.05) is 6.07 Å². The van der Waals surface area contributed by atoms with E-state index in [-0.39, 0.29) is 6.10 Å². The van der Waals surface area contributed by atoms with Crippen LogP contribution in [-0.2, 0) is 6.42 Å². The van der Waals surface area contributed by atoms with Crippen LogP contribution in [0.25, 0.3) is 0 Å². The van der Waals surface area contributed by atoms with Gasteiger partial charge in [-0.2, -0.15) is 0 Å². The molecule has 3 rings (SSSR count). The summed E-state index contributed by atoms with van der Waals surface area (Å²) in [7, 11) is 0.